The predicted molar refractivity (Wildman–Crippen MR) is 80.9 cm³/mol. The number of nitrogens with one attached hydrogen (secondary N) is 1. The summed E-state index contributed by atoms with van der Waals surface area (Å²) in [6.07, 6.45) is 6.25. The van der Waals surface area contributed by atoms with Crippen molar-refractivity contribution >= 4 is 5.95 Å². The van der Waals surface area contributed by atoms with Crippen LogP contribution in [0.15, 0.2) is 18.5 Å². The number of anilines is 1. The van der Waals surface area contributed by atoms with E-state index in [2.05, 4.69) is 32.0 Å². The molecule has 2 aliphatic heterocycles. The van der Waals surface area contributed by atoms with Gasteiger partial charge in [-0.1, -0.05) is 6.92 Å². The summed E-state index contributed by atoms with van der Waals surface area (Å²) in [7, 11) is 0. The molecule has 2 fully saturated rings. The fraction of sp³-hybridized carbons (Fsp3) is 0.733. The van der Waals surface area contributed by atoms with Gasteiger partial charge in [0.2, 0.25) is 5.95 Å². The minimum atomic E-state index is 0.497. The topological polar surface area (TPSA) is 44.3 Å². The van der Waals surface area contributed by atoms with E-state index in [0.29, 0.717) is 5.41 Å². The molecule has 0 radical (unpaired) electrons. The van der Waals surface area contributed by atoms with Crippen molar-refractivity contribution in [3.05, 3.63) is 18.5 Å². The first kappa shape index (κ1) is 13.8. The summed E-state index contributed by atoms with van der Waals surface area (Å²) in [4.78, 5) is 13.6. The van der Waals surface area contributed by atoms with Crippen molar-refractivity contribution in [2.75, 3.05) is 50.7 Å². The number of piperidine rings is 1. The van der Waals surface area contributed by atoms with E-state index in [4.69, 9.17) is 0 Å². The fourth-order valence-electron chi connectivity index (χ4n) is 3.29. The van der Waals surface area contributed by atoms with Crippen LogP contribution < -0.4 is 10.2 Å². The largest absolute Gasteiger partial charge is 0.338 e. The first-order valence-electron chi connectivity index (χ1n) is 7.70. The second-order valence-corrected chi connectivity index (χ2v) is 6.37. The van der Waals surface area contributed by atoms with Crippen LogP contribution in [0.25, 0.3) is 0 Å². The van der Waals surface area contributed by atoms with Gasteiger partial charge in [0.1, 0.15) is 0 Å². The van der Waals surface area contributed by atoms with Gasteiger partial charge in [0.25, 0.3) is 0 Å². The molecule has 0 bridgehead atoms. The third-order valence-corrected chi connectivity index (χ3v) is 4.62. The molecule has 1 aromatic rings. The molecule has 1 aromatic heterocycles. The van der Waals surface area contributed by atoms with Gasteiger partial charge in [-0.25, -0.2) is 9.97 Å². The first-order chi connectivity index (χ1) is 9.75. The lowest BCUT2D eigenvalue weighted by Crippen LogP contribution is -2.51. The Morgan fingerprint density at radius 3 is 2.40 bits per heavy atom. The number of aromatic nitrogens is 2. The van der Waals surface area contributed by atoms with Gasteiger partial charge in [-0.3, -0.25) is 4.90 Å². The minimum Gasteiger partial charge on any atom is -0.338 e. The molecular formula is C15H25N5. The lowest BCUT2D eigenvalue weighted by molar-refractivity contribution is 0.123. The Balaban J connectivity index is 1.51. The van der Waals surface area contributed by atoms with Crippen LogP contribution in [0.3, 0.4) is 0 Å². The summed E-state index contributed by atoms with van der Waals surface area (Å²) in [6, 6.07) is 1.87. The first-order valence-corrected chi connectivity index (χ1v) is 7.70. The number of piperazine rings is 1. The minimum absolute atomic E-state index is 0.497. The van der Waals surface area contributed by atoms with Gasteiger partial charge < -0.3 is 10.2 Å². The smallest absolute Gasteiger partial charge is 0.225 e. The van der Waals surface area contributed by atoms with E-state index in [1.807, 2.05) is 18.5 Å². The zero-order valence-electron chi connectivity index (χ0n) is 12.4. The highest BCUT2D eigenvalue weighted by atomic mass is 15.3. The molecule has 0 atom stereocenters. The van der Waals surface area contributed by atoms with E-state index in [0.717, 1.165) is 32.1 Å². The van der Waals surface area contributed by atoms with Crippen LogP contribution in [-0.4, -0.2) is 60.7 Å². The molecule has 0 unspecified atom stereocenters. The lowest BCUT2D eigenvalue weighted by atomic mass is 9.80. The monoisotopic (exact) mass is 275 g/mol. The molecule has 2 saturated heterocycles. The van der Waals surface area contributed by atoms with Gasteiger partial charge >= 0.3 is 0 Å². The van der Waals surface area contributed by atoms with E-state index in [1.54, 1.807) is 0 Å². The number of hydrogen-bond donors (Lipinski definition) is 1. The molecule has 3 heterocycles. The number of hydrogen-bond acceptors (Lipinski definition) is 5. The normalized spacial score (nSPS) is 23.8. The van der Waals surface area contributed by atoms with Gasteiger partial charge in [-0.15, -0.1) is 0 Å². The zero-order valence-corrected chi connectivity index (χ0v) is 12.4. The molecule has 5 heteroatoms. The molecule has 0 saturated carbocycles. The maximum Gasteiger partial charge on any atom is 0.225 e. The molecule has 5 nitrogen and oxygen atoms in total. The Bertz CT molecular complexity index is 408. The van der Waals surface area contributed by atoms with E-state index in [1.165, 1.54) is 32.5 Å². The molecule has 0 aliphatic carbocycles. The van der Waals surface area contributed by atoms with Crippen molar-refractivity contribution < 1.29 is 0 Å². The predicted octanol–water partition coefficient (Wildman–Crippen LogP) is 0.988. The summed E-state index contributed by atoms with van der Waals surface area (Å²) < 4.78 is 0. The van der Waals surface area contributed by atoms with Crippen LogP contribution in [0.4, 0.5) is 5.95 Å². The summed E-state index contributed by atoms with van der Waals surface area (Å²) in [6.45, 7) is 10.4. The highest BCUT2D eigenvalue weighted by Crippen LogP contribution is 2.29. The third-order valence-electron chi connectivity index (χ3n) is 4.62. The van der Waals surface area contributed by atoms with E-state index >= 15 is 0 Å². The Morgan fingerprint density at radius 1 is 1.10 bits per heavy atom. The number of nitrogens with zero attached hydrogens (tertiary/aromatic N) is 4. The van der Waals surface area contributed by atoms with Crippen molar-refractivity contribution in [2.45, 2.75) is 19.8 Å². The average molecular weight is 275 g/mol. The molecule has 3 rings (SSSR count). The third kappa shape index (κ3) is 3.27. The molecule has 0 amide bonds. The Morgan fingerprint density at radius 2 is 1.75 bits per heavy atom. The molecular weight excluding hydrogens is 250 g/mol. The SMILES string of the molecule is CC1(CN2CCN(c3ncccn3)CC2)CCNCC1. The maximum atomic E-state index is 4.34. The Kier molecular flexibility index (Phi) is 4.17. The van der Waals surface area contributed by atoms with Crippen molar-refractivity contribution in [3.8, 4) is 0 Å². The molecule has 0 aromatic carbocycles. The lowest BCUT2D eigenvalue weighted by Gasteiger charge is -2.42. The molecule has 110 valence electrons. The van der Waals surface area contributed by atoms with Crippen LogP contribution in [0.2, 0.25) is 0 Å². The van der Waals surface area contributed by atoms with Gasteiger partial charge in [0.15, 0.2) is 0 Å². The van der Waals surface area contributed by atoms with Crippen LogP contribution >= 0.6 is 0 Å². The zero-order chi connectivity index (χ0) is 13.8. The highest BCUT2D eigenvalue weighted by Gasteiger charge is 2.30. The van der Waals surface area contributed by atoms with Crippen molar-refractivity contribution in [2.24, 2.45) is 5.41 Å². The van der Waals surface area contributed by atoms with Crippen LogP contribution in [0.5, 0.6) is 0 Å². The van der Waals surface area contributed by atoms with Crippen LogP contribution in [0.1, 0.15) is 19.8 Å². The van der Waals surface area contributed by atoms with Gasteiger partial charge in [0.05, 0.1) is 0 Å². The average Bonchev–Trinajstić information content (AvgIpc) is 2.49. The second kappa shape index (κ2) is 6.06. The van der Waals surface area contributed by atoms with E-state index in [9.17, 15) is 0 Å². The molecule has 20 heavy (non-hydrogen) atoms. The number of rotatable bonds is 3. The summed E-state index contributed by atoms with van der Waals surface area (Å²) in [5.74, 6) is 0.875. The Labute approximate surface area is 121 Å². The summed E-state index contributed by atoms with van der Waals surface area (Å²) in [5, 5.41) is 3.46. The molecule has 1 N–H and O–H groups in total. The van der Waals surface area contributed by atoms with Gasteiger partial charge in [-0.05, 0) is 37.4 Å². The van der Waals surface area contributed by atoms with Crippen LogP contribution in [0, 0.1) is 5.41 Å². The van der Waals surface area contributed by atoms with Gasteiger partial charge in [-0.2, -0.15) is 0 Å². The standard InChI is InChI=1S/C15H25N5/c1-15(3-7-16-8-4-15)13-19-9-11-20(12-10-19)14-17-5-2-6-18-14/h2,5-6,16H,3-4,7-13H2,1H3. The highest BCUT2D eigenvalue weighted by molar-refractivity contribution is 5.29. The summed E-state index contributed by atoms with van der Waals surface area (Å²) in [5.41, 5.74) is 0.497. The Hall–Kier alpha value is -1.20. The fourth-order valence-corrected chi connectivity index (χ4v) is 3.29. The van der Waals surface area contributed by atoms with E-state index < -0.39 is 0 Å². The van der Waals surface area contributed by atoms with Crippen molar-refractivity contribution in [3.63, 3.8) is 0 Å². The quantitative estimate of drug-likeness (QED) is 0.891. The van der Waals surface area contributed by atoms with E-state index in [-0.39, 0.29) is 0 Å². The summed E-state index contributed by atoms with van der Waals surface area (Å²) >= 11 is 0. The van der Waals surface area contributed by atoms with Crippen molar-refractivity contribution in [1.29, 1.82) is 0 Å². The molecule has 0 spiro atoms. The maximum absolute atomic E-state index is 4.34. The molecule has 2 aliphatic rings. The van der Waals surface area contributed by atoms with Crippen molar-refractivity contribution in [1.82, 2.24) is 20.2 Å². The second-order valence-electron chi connectivity index (χ2n) is 6.37. The van der Waals surface area contributed by atoms with Crippen LogP contribution in [-0.2, 0) is 0 Å². The van der Waals surface area contributed by atoms with Gasteiger partial charge in [0, 0.05) is 45.1 Å².